The first-order valence-corrected chi connectivity index (χ1v) is 8.31. The fourth-order valence-corrected chi connectivity index (χ4v) is 2.86. The Kier molecular flexibility index (Phi) is 4.18. The number of carbonyl (C=O) groups excluding carboxylic acids is 1. The summed E-state index contributed by atoms with van der Waals surface area (Å²) >= 11 is 5.97. The molecule has 0 unspecified atom stereocenters. The van der Waals surface area contributed by atoms with Gasteiger partial charge in [-0.05, 0) is 35.9 Å². The third-order valence-electron chi connectivity index (χ3n) is 3.89. The molecule has 1 aliphatic heterocycles. The molecule has 1 N–H and O–H groups in total. The lowest BCUT2D eigenvalue weighted by Gasteiger charge is -2.04. The highest BCUT2D eigenvalue weighted by atomic mass is 35.5. The molecule has 0 saturated carbocycles. The van der Waals surface area contributed by atoms with Gasteiger partial charge in [0.25, 0.3) is 5.91 Å². The average molecular weight is 368 g/mol. The van der Waals surface area contributed by atoms with Crippen molar-refractivity contribution in [2.24, 2.45) is 0 Å². The average Bonchev–Trinajstić information content (AvgIpc) is 3.17. The van der Waals surface area contributed by atoms with Crippen LogP contribution in [0.15, 0.2) is 47.0 Å². The second-order valence-corrected chi connectivity index (χ2v) is 6.23. The SMILES string of the molecule is Cc1nc(COc2ccc(/C=C3\C(=O)Nc4cc(Cl)ccc43)cc2)no1. The van der Waals surface area contributed by atoms with Gasteiger partial charge in [0.15, 0.2) is 6.61 Å². The molecule has 0 spiro atoms. The van der Waals surface area contributed by atoms with E-state index in [9.17, 15) is 4.79 Å². The van der Waals surface area contributed by atoms with Crippen LogP contribution in [0.1, 0.15) is 22.8 Å². The van der Waals surface area contributed by atoms with Crippen LogP contribution in [0.25, 0.3) is 11.6 Å². The minimum atomic E-state index is -0.143. The van der Waals surface area contributed by atoms with Crippen molar-refractivity contribution in [1.82, 2.24) is 10.1 Å². The Morgan fingerprint density at radius 3 is 2.77 bits per heavy atom. The van der Waals surface area contributed by atoms with Crippen LogP contribution in [-0.4, -0.2) is 16.0 Å². The number of anilines is 1. The van der Waals surface area contributed by atoms with Crippen molar-refractivity contribution in [3.05, 3.63) is 70.3 Å². The Hall–Kier alpha value is -3.12. The molecule has 0 aliphatic carbocycles. The Morgan fingerprint density at radius 2 is 2.04 bits per heavy atom. The summed E-state index contributed by atoms with van der Waals surface area (Å²) in [6, 6.07) is 12.8. The smallest absolute Gasteiger partial charge is 0.256 e. The number of carbonyl (C=O) groups is 1. The number of aromatic nitrogens is 2. The van der Waals surface area contributed by atoms with Gasteiger partial charge in [0.05, 0.1) is 5.69 Å². The van der Waals surface area contributed by atoms with Gasteiger partial charge in [-0.25, -0.2) is 0 Å². The van der Waals surface area contributed by atoms with Crippen molar-refractivity contribution in [3.8, 4) is 5.75 Å². The lowest BCUT2D eigenvalue weighted by Crippen LogP contribution is -2.03. The quantitative estimate of drug-likeness (QED) is 0.702. The lowest BCUT2D eigenvalue weighted by molar-refractivity contribution is -0.110. The molecule has 0 atom stereocenters. The normalized spacial score (nSPS) is 14.4. The van der Waals surface area contributed by atoms with Crippen molar-refractivity contribution in [3.63, 3.8) is 0 Å². The Morgan fingerprint density at radius 1 is 1.23 bits per heavy atom. The molecule has 1 amide bonds. The molecule has 7 heteroatoms. The minimum Gasteiger partial charge on any atom is -0.485 e. The van der Waals surface area contributed by atoms with Gasteiger partial charge in [-0.3, -0.25) is 4.79 Å². The van der Waals surface area contributed by atoms with Gasteiger partial charge in [0, 0.05) is 23.1 Å². The topological polar surface area (TPSA) is 77.2 Å². The minimum absolute atomic E-state index is 0.143. The van der Waals surface area contributed by atoms with E-state index in [1.165, 1.54) is 0 Å². The Balaban J connectivity index is 1.51. The standard InChI is InChI=1S/C19H14ClN3O3/c1-11-21-18(23-26-11)10-25-14-5-2-12(3-6-14)8-16-15-7-4-13(20)9-17(15)22-19(16)24/h2-9H,10H2,1H3,(H,22,24)/b16-8-. The van der Waals surface area contributed by atoms with E-state index in [0.29, 0.717) is 28.1 Å². The lowest BCUT2D eigenvalue weighted by atomic mass is 10.0. The second kappa shape index (κ2) is 6.65. The molecule has 26 heavy (non-hydrogen) atoms. The van der Waals surface area contributed by atoms with Crippen molar-refractivity contribution in [1.29, 1.82) is 0 Å². The summed E-state index contributed by atoms with van der Waals surface area (Å²) in [5, 5.41) is 7.19. The Labute approximate surface area is 154 Å². The third-order valence-corrected chi connectivity index (χ3v) is 4.13. The number of hydrogen-bond donors (Lipinski definition) is 1. The molecule has 4 rings (SSSR count). The first-order chi connectivity index (χ1) is 12.6. The first kappa shape index (κ1) is 16.4. The molecule has 0 fully saturated rings. The number of ether oxygens (including phenoxy) is 1. The number of hydrogen-bond acceptors (Lipinski definition) is 5. The fraction of sp³-hybridized carbons (Fsp3) is 0.105. The molecule has 0 bridgehead atoms. The van der Waals surface area contributed by atoms with Crippen molar-refractivity contribution in [2.75, 3.05) is 5.32 Å². The zero-order chi connectivity index (χ0) is 18.1. The number of nitrogens with one attached hydrogen (secondary N) is 1. The summed E-state index contributed by atoms with van der Waals surface area (Å²) in [4.78, 5) is 16.3. The Bertz CT molecular complexity index is 1010. The van der Waals surface area contributed by atoms with E-state index in [0.717, 1.165) is 16.8 Å². The summed E-state index contributed by atoms with van der Waals surface area (Å²) in [5.74, 6) is 1.53. The molecular formula is C19H14ClN3O3. The zero-order valence-corrected chi connectivity index (χ0v) is 14.6. The van der Waals surface area contributed by atoms with Gasteiger partial charge in [-0.15, -0.1) is 0 Å². The van der Waals surface area contributed by atoms with Gasteiger partial charge in [0.1, 0.15) is 5.75 Å². The molecule has 130 valence electrons. The summed E-state index contributed by atoms with van der Waals surface area (Å²) in [7, 11) is 0. The van der Waals surface area contributed by atoms with Crippen molar-refractivity contribution in [2.45, 2.75) is 13.5 Å². The van der Waals surface area contributed by atoms with Gasteiger partial charge >= 0.3 is 0 Å². The number of nitrogens with zero attached hydrogens (tertiary/aromatic N) is 2. The highest BCUT2D eigenvalue weighted by molar-refractivity contribution is 6.36. The highest BCUT2D eigenvalue weighted by Crippen LogP contribution is 2.35. The van der Waals surface area contributed by atoms with Crippen LogP contribution in [0.3, 0.4) is 0 Å². The van der Waals surface area contributed by atoms with Crippen LogP contribution in [-0.2, 0) is 11.4 Å². The van der Waals surface area contributed by atoms with E-state index >= 15 is 0 Å². The maximum absolute atomic E-state index is 12.2. The largest absolute Gasteiger partial charge is 0.485 e. The highest BCUT2D eigenvalue weighted by Gasteiger charge is 2.23. The molecule has 1 aliphatic rings. The molecule has 2 aromatic carbocycles. The first-order valence-electron chi connectivity index (χ1n) is 7.93. The number of benzene rings is 2. The number of rotatable bonds is 4. The summed E-state index contributed by atoms with van der Waals surface area (Å²) < 4.78 is 10.5. The zero-order valence-electron chi connectivity index (χ0n) is 13.8. The second-order valence-electron chi connectivity index (χ2n) is 5.79. The summed E-state index contributed by atoms with van der Waals surface area (Å²) in [6.07, 6.45) is 1.83. The van der Waals surface area contributed by atoms with E-state index in [1.807, 2.05) is 36.4 Å². The van der Waals surface area contributed by atoms with E-state index in [1.54, 1.807) is 19.1 Å². The number of fused-ring (bicyclic) bond motifs is 1. The number of amides is 1. The van der Waals surface area contributed by atoms with Crippen molar-refractivity contribution < 1.29 is 14.1 Å². The van der Waals surface area contributed by atoms with Crippen LogP contribution in [0, 0.1) is 6.92 Å². The van der Waals surface area contributed by atoms with Gasteiger partial charge in [0.2, 0.25) is 11.7 Å². The molecule has 2 heterocycles. The van der Waals surface area contributed by atoms with Gasteiger partial charge in [-0.2, -0.15) is 4.98 Å². The third kappa shape index (κ3) is 3.32. The number of aryl methyl sites for hydroxylation is 1. The van der Waals surface area contributed by atoms with Crippen LogP contribution >= 0.6 is 11.6 Å². The molecule has 0 saturated heterocycles. The van der Waals surface area contributed by atoms with Crippen molar-refractivity contribution >= 4 is 34.8 Å². The summed E-state index contributed by atoms with van der Waals surface area (Å²) in [6.45, 7) is 1.96. The van der Waals surface area contributed by atoms with E-state index in [2.05, 4.69) is 15.5 Å². The fourth-order valence-electron chi connectivity index (χ4n) is 2.68. The van der Waals surface area contributed by atoms with E-state index in [-0.39, 0.29) is 12.5 Å². The maximum atomic E-state index is 12.2. The molecular weight excluding hydrogens is 354 g/mol. The predicted octanol–water partition coefficient (Wildman–Crippen LogP) is 4.10. The molecule has 3 aromatic rings. The predicted molar refractivity (Wildman–Crippen MR) is 97.8 cm³/mol. The molecule has 1 aromatic heterocycles. The van der Waals surface area contributed by atoms with E-state index < -0.39 is 0 Å². The van der Waals surface area contributed by atoms with Crippen LogP contribution < -0.4 is 10.1 Å². The molecule has 0 radical (unpaired) electrons. The number of halogens is 1. The van der Waals surface area contributed by atoms with Crippen LogP contribution in [0.4, 0.5) is 5.69 Å². The van der Waals surface area contributed by atoms with Crippen LogP contribution in [0.5, 0.6) is 5.75 Å². The monoisotopic (exact) mass is 367 g/mol. The molecule has 6 nitrogen and oxygen atoms in total. The maximum Gasteiger partial charge on any atom is 0.256 e. The van der Waals surface area contributed by atoms with Crippen LogP contribution in [0.2, 0.25) is 5.02 Å². The van der Waals surface area contributed by atoms with Gasteiger partial charge < -0.3 is 14.6 Å². The van der Waals surface area contributed by atoms with Gasteiger partial charge in [-0.1, -0.05) is 35.0 Å². The van der Waals surface area contributed by atoms with E-state index in [4.69, 9.17) is 20.9 Å². The summed E-state index contributed by atoms with van der Waals surface area (Å²) in [5.41, 5.74) is 3.06.